The van der Waals surface area contributed by atoms with Crippen molar-refractivity contribution in [3.05, 3.63) is 0 Å². The van der Waals surface area contributed by atoms with Crippen molar-refractivity contribution in [2.24, 2.45) is 5.73 Å². The summed E-state index contributed by atoms with van der Waals surface area (Å²) < 4.78 is 6.37. The second-order valence-electron chi connectivity index (χ2n) is 8.06. The summed E-state index contributed by atoms with van der Waals surface area (Å²) in [5.41, 5.74) is 6.04. The molecule has 0 spiro atoms. The molecular formula is C16H31N3O. The van der Waals surface area contributed by atoms with Crippen LogP contribution < -0.4 is 5.73 Å². The predicted molar refractivity (Wildman–Crippen MR) is 81.8 cm³/mol. The Balaban J connectivity index is 1.85. The summed E-state index contributed by atoms with van der Waals surface area (Å²) in [4.78, 5) is 5.32. The number of nitrogens with zero attached hydrogens (tertiary/aromatic N) is 2. The molecule has 3 aliphatic rings. The van der Waals surface area contributed by atoms with Crippen molar-refractivity contribution < 1.29 is 4.74 Å². The minimum atomic E-state index is -0.175. The molecule has 116 valence electrons. The van der Waals surface area contributed by atoms with Gasteiger partial charge in [-0.1, -0.05) is 0 Å². The first-order valence-corrected chi connectivity index (χ1v) is 8.19. The van der Waals surface area contributed by atoms with E-state index in [0.717, 1.165) is 19.0 Å². The van der Waals surface area contributed by atoms with Crippen LogP contribution in [0.15, 0.2) is 0 Å². The monoisotopic (exact) mass is 281 g/mol. The molecule has 3 aliphatic heterocycles. The molecule has 4 nitrogen and oxygen atoms in total. The van der Waals surface area contributed by atoms with Gasteiger partial charge in [-0.25, -0.2) is 0 Å². The maximum absolute atomic E-state index is 6.37. The van der Waals surface area contributed by atoms with Gasteiger partial charge >= 0.3 is 0 Å². The lowest BCUT2D eigenvalue weighted by Crippen LogP contribution is -2.68. The first-order chi connectivity index (χ1) is 9.30. The van der Waals surface area contributed by atoms with E-state index in [0.29, 0.717) is 6.54 Å². The summed E-state index contributed by atoms with van der Waals surface area (Å²) in [5.74, 6) is 0. The zero-order chi connectivity index (χ0) is 14.6. The molecule has 0 bridgehead atoms. The molecule has 3 rings (SSSR count). The van der Waals surface area contributed by atoms with Crippen LogP contribution in [0.5, 0.6) is 0 Å². The van der Waals surface area contributed by atoms with E-state index in [1.807, 2.05) is 0 Å². The molecule has 0 aromatic heterocycles. The number of hydrogen-bond donors (Lipinski definition) is 1. The lowest BCUT2D eigenvalue weighted by atomic mass is 9.76. The topological polar surface area (TPSA) is 41.7 Å². The predicted octanol–water partition coefficient (Wildman–Crippen LogP) is 1.44. The van der Waals surface area contributed by atoms with Crippen molar-refractivity contribution in [1.82, 2.24) is 9.80 Å². The normalized spacial score (nSPS) is 41.0. The Kier molecular flexibility index (Phi) is 3.45. The number of piperazine rings is 1. The van der Waals surface area contributed by atoms with Gasteiger partial charge in [0.25, 0.3) is 0 Å². The number of fused-ring (bicyclic) bond motifs is 1. The van der Waals surface area contributed by atoms with Gasteiger partial charge in [-0.15, -0.1) is 0 Å². The Morgan fingerprint density at radius 1 is 1.15 bits per heavy atom. The molecule has 0 aliphatic carbocycles. The van der Waals surface area contributed by atoms with Gasteiger partial charge in [-0.3, -0.25) is 9.80 Å². The van der Waals surface area contributed by atoms with Crippen molar-refractivity contribution in [3.63, 3.8) is 0 Å². The van der Waals surface area contributed by atoms with Crippen LogP contribution in [0, 0.1) is 0 Å². The van der Waals surface area contributed by atoms with Crippen LogP contribution in [-0.2, 0) is 4.74 Å². The fraction of sp³-hybridized carbons (Fsp3) is 1.00. The number of ether oxygens (including phenoxy) is 1. The highest BCUT2D eigenvalue weighted by atomic mass is 16.5. The van der Waals surface area contributed by atoms with E-state index in [1.165, 1.54) is 32.5 Å². The fourth-order valence-corrected chi connectivity index (χ4v) is 5.06. The molecule has 2 unspecified atom stereocenters. The van der Waals surface area contributed by atoms with Crippen LogP contribution in [0.1, 0.15) is 47.0 Å². The van der Waals surface area contributed by atoms with Crippen LogP contribution in [0.2, 0.25) is 0 Å². The molecule has 2 N–H and O–H groups in total. The first-order valence-electron chi connectivity index (χ1n) is 8.19. The highest BCUT2D eigenvalue weighted by molar-refractivity contribution is 5.14. The van der Waals surface area contributed by atoms with Crippen LogP contribution in [0.25, 0.3) is 0 Å². The summed E-state index contributed by atoms with van der Waals surface area (Å²) in [5, 5.41) is 0. The molecule has 2 atom stereocenters. The van der Waals surface area contributed by atoms with Crippen LogP contribution in [0.4, 0.5) is 0 Å². The third kappa shape index (κ3) is 2.12. The molecule has 3 fully saturated rings. The van der Waals surface area contributed by atoms with Crippen LogP contribution in [-0.4, -0.2) is 65.3 Å². The van der Waals surface area contributed by atoms with Crippen LogP contribution in [0.3, 0.4) is 0 Å². The average Bonchev–Trinajstić information content (AvgIpc) is 2.87. The van der Waals surface area contributed by atoms with E-state index in [-0.39, 0.29) is 16.7 Å². The lowest BCUT2D eigenvalue weighted by Gasteiger charge is -2.52. The minimum absolute atomic E-state index is 0.00875. The summed E-state index contributed by atoms with van der Waals surface area (Å²) in [6, 6.07) is 0.742. The second-order valence-corrected chi connectivity index (χ2v) is 8.06. The Labute approximate surface area is 123 Å². The minimum Gasteiger partial charge on any atom is -0.368 e. The third-order valence-electron chi connectivity index (χ3n) is 5.90. The van der Waals surface area contributed by atoms with Crippen molar-refractivity contribution in [3.8, 4) is 0 Å². The van der Waals surface area contributed by atoms with E-state index in [4.69, 9.17) is 10.5 Å². The summed E-state index contributed by atoms with van der Waals surface area (Å²) in [6.45, 7) is 14.4. The Bertz CT molecular complexity index is 382. The van der Waals surface area contributed by atoms with Crippen molar-refractivity contribution >= 4 is 0 Å². The molecule has 0 aromatic rings. The van der Waals surface area contributed by atoms with Crippen molar-refractivity contribution in [1.29, 1.82) is 0 Å². The van der Waals surface area contributed by atoms with Gasteiger partial charge in [0.15, 0.2) is 0 Å². The first kappa shape index (κ1) is 14.8. The number of rotatable bonds is 2. The summed E-state index contributed by atoms with van der Waals surface area (Å²) >= 11 is 0. The fourth-order valence-electron chi connectivity index (χ4n) is 5.06. The summed E-state index contributed by atoms with van der Waals surface area (Å²) in [7, 11) is 0. The van der Waals surface area contributed by atoms with Gasteiger partial charge in [0.1, 0.15) is 0 Å². The molecule has 0 saturated carbocycles. The zero-order valence-electron chi connectivity index (χ0n) is 13.6. The van der Waals surface area contributed by atoms with Gasteiger partial charge in [-0.2, -0.15) is 0 Å². The molecule has 20 heavy (non-hydrogen) atoms. The number of nitrogens with two attached hydrogens (primary N) is 1. The average molecular weight is 281 g/mol. The second kappa shape index (κ2) is 4.67. The van der Waals surface area contributed by atoms with Crippen molar-refractivity contribution in [2.75, 3.05) is 32.7 Å². The Hall–Kier alpha value is -0.160. The maximum Gasteiger partial charge on any atom is 0.0830 e. The smallest absolute Gasteiger partial charge is 0.0830 e. The molecule has 0 aromatic carbocycles. The largest absolute Gasteiger partial charge is 0.368 e. The standard InChI is InChI=1S/C16H31N3O/c1-14(2)11-16(12-17,15(3,4)20-14)19-9-8-18-7-5-6-13(18)10-19/h13H,5-12,17H2,1-4H3. The van der Waals surface area contributed by atoms with E-state index in [1.54, 1.807) is 0 Å². The Morgan fingerprint density at radius 2 is 1.90 bits per heavy atom. The Morgan fingerprint density at radius 3 is 2.50 bits per heavy atom. The quantitative estimate of drug-likeness (QED) is 0.832. The molecular weight excluding hydrogens is 250 g/mol. The number of hydrogen-bond acceptors (Lipinski definition) is 4. The van der Waals surface area contributed by atoms with Gasteiger partial charge in [0.05, 0.1) is 16.7 Å². The summed E-state index contributed by atoms with van der Waals surface area (Å²) in [6.07, 6.45) is 3.75. The maximum atomic E-state index is 6.37. The van der Waals surface area contributed by atoms with E-state index in [9.17, 15) is 0 Å². The van der Waals surface area contributed by atoms with Gasteiger partial charge in [0.2, 0.25) is 0 Å². The highest BCUT2D eigenvalue weighted by Crippen LogP contribution is 2.48. The van der Waals surface area contributed by atoms with Gasteiger partial charge in [-0.05, 0) is 53.5 Å². The lowest BCUT2D eigenvalue weighted by molar-refractivity contribution is -0.112. The SMILES string of the molecule is CC1(C)CC(CN)(N2CCN3CCCC3C2)C(C)(C)O1. The van der Waals surface area contributed by atoms with E-state index >= 15 is 0 Å². The van der Waals surface area contributed by atoms with E-state index < -0.39 is 0 Å². The third-order valence-corrected chi connectivity index (χ3v) is 5.90. The van der Waals surface area contributed by atoms with Crippen molar-refractivity contribution in [2.45, 2.75) is 69.7 Å². The zero-order valence-corrected chi connectivity index (χ0v) is 13.6. The molecule has 0 amide bonds. The molecule has 4 heteroatoms. The van der Waals surface area contributed by atoms with Crippen LogP contribution >= 0.6 is 0 Å². The molecule has 0 radical (unpaired) electrons. The van der Waals surface area contributed by atoms with Gasteiger partial charge in [0, 0.05) is 32.2 Å². The van der Waals surface area contributed by atoms with Gasteiger partial charge < -0.3 is 10.5 Å². The molecule has 3 heterocycles. The van der Waals surface area contributed by atoms with E-state index in [2.05, 4.69) is 37.5 Å². The molecule has 3 saturated heterocycles. The highest BCUT2D eigenvalue weighted by Gasteiger charge is 2.60.